The van der Waals surface area contributed by atoms with E-state index in [4.69, 9.17) is 14.0 Å². The van der Waals surface area contributed by atoms with Gasteiger partial charge in [-0.1, -0.05) is 5.16 Å². The van der Waals surface area contributed by atoms with Crippen LogP contribution in [-0.4, -0.2) is 31.8 Å². The van der Waals surface area contributed by atoms with Gasteiger partial charge in [-0.3, -0.25) is 0 Å². The van der Waals surface area contributed by atoms with Gasteiger partial charge >= 0.3 is 5.97 Å². The van der Waals surface area contributed by atoms with E-state index in [-0.39, 0.29) is 5.56 Å². The average Bonchev–Trinajstić information content (AvgIpc) is 3.22. The molecule has 1 N–H and O–H groups in total. The van der Waals surface area contributed by atoms with Crippen molar-refractivity contribution < 1.29 is 23.9 Å². The number of hydrogen-bond donors (Lipinski definition) is 1. The van der Waals surface area contributed by atoms with Gasteiger partial charge in [0, 0.05) is 12.0 Å². The van der Waals surface area contributed by atoms with Crippen LogP contribution >= 0.6 is 0 Å². The van der Waals surface area contributed by atoms with E-state index in [9.17, 15) is 9.90 Å². The third kappa shape index (κ3) is 2.97. The lowest BCUT2D eigenvalue weighted by atomic mass is 10.00. The van der Waals surface area contributed by atoms with E-state index in [0.717, 1.165) is 5.56 Å². The Labute approximate surface area is 148 Å². The van der Waals surface area contributed by atoms with Gasteiger partial charge in [-0.2, -0.15) is 4.98 Å². The first-order valence-electron chi connectivity index (χ1n) is 7.91. The molecular weight excluding hydrogens is 338 g/mol. The van der Waals surface area contributed by atoms with Crippen LogP contribution in [0.1, 0.15) is 29.8 Å². The number of rotatable bonds is 4. The lowest BCUT2D eigenvalue weighted by Crippen LogP contribution is -2.24. The molecule has 3 aromatic rings. The SMILES string of the molecule is CC1(C)Cc2c(Oc3ccc(-c4ncon4)nc3)cc(C(=O)O)cc2O1. The van der Waals surface area contributed by atoms with Crippen molar-refractivity contribution in [3.05, 3.63) is 48.0 Å². The number of carboxylic acid groups (broad SMARTS) is 1. The smallest absolute Gasteiger partial charge is 0.335 e. The molecule has 0 unspecified atom stereocenters. The van der Waals surface area contributed by atoms with E-state index >= 15 is 0 Å². The van der Waals surface area contributed by atoms with E-state index in [1.807, 2.05) is 13.8 Å². The molecule has 0 saturated heterocycles. The largest absolute Gasteiger partial charge is 0.487 e. The average molecular weight is 353 g/mol. The van der Waals surface area contributed by atoms with Crippen molar-refractivity contribution in [1.29, 1.82) is 0 Å². The van der Waals surface area contributed by atoms with Crippen LogP contribution in [0.4, 0.5) is 0 Å². The number of fused-ring (bicyclic) bond motifs is 1. The van der Waals surface area contributed by atoms with Crippen molar-refractivity contribution in [3.63, 3.8) is 0 Å². The Morgan fingerprint density at radius 2 is 2.12 bits per heavy atom. The van der Waals surface area contributed by atoms with Crippen molar-refractivity contribution >= 4 is 5.97 Å². The van der Waals surface area contributed by atoms with Crippen LogP contribution in [0, 0.1) is 0 Å². The number of carbonyl (C=O) groups is 1. The van der Waals surface area contributed by atoms with Gasteiger partial charge in [0.05, 0.1) is 11.8 Å². The summed E-state index contributed by atoms with van der Waals surface area (Å²) in [5.74, 6) is 0.768. The molecule has 132 valence electrons. The normalized spacial score (nSPS) is 14.5. The zero-order valence-electron chi connectivity index (χ0n) is 14.1. The minimum absolute atomic E-state index is 0.104. The molecule has 8 heteroatoms. The van der Waals surface area contributed by atoms with Crippen LogP contribution in [0.25, 0.3) is 11.5 Å². The monoisotopic (exact) mass is 353 g/mol. The van der Waals surface area contributed by atoms with Crippen molar-refractivity contribution in [1.82, 2.24) is 15.1 Å². The second-order valence-corrected chi connectivity index (χ2v) is 6.53. The van der Waals surface area contributed by atoms with Crippen LogP contribution in [0.3, 0.4) is 0 Å². The van der Waals surface area contributed by atoms with E-state index < -0.39 is 11.6 Å². The van der Waals surface area contributed by atoms with Crippen LogP contribution < -0.4 is 9.47 Å². The molecule has 1 aliphatic heterocycles. The predicted molar refractivity (Wildman–Crippen MR) is 89.4 cm³/mol. The number of nitrogens with zero attached hydrogens (tertiary/aromatic N) is 3. The zero-order valence-corrected chi connectivity index (χ0v) is 14.1. The molecule has 1 aromatic carbocycles. The summed E-state index contributed by atoms with van der Waals surface area (Å²) in [6, 6.07) is 6.43. The number of ether oxygens (including phenoxy) is 2. The first-order chi connectivity index (χ1) is 12.4. The highest BCUT2D eigenvalue weighted by molar-refractivity contribution is 5.89. The Bertz CT molecular complexity index is 965. The Morgan fingerprint density at radius 3 is 2.77 bits per heavy atom. The molecule has 0 radical (unpaired) electrons. The quantitative estimate of drug-likeness (QED) is 0.761. The number of aromatic nitrogens is 3. The molecule has 0 bridgehead atoms. The predicted octanol–water partition coefficient (Wildman–Crippen LogP) is 3.34. The van der Waals surface area contributed by atoms with Crippen LogP contribution in [0.2, 0.25) is 0 Å². The Kier molecular flexibility index (Phi) is 3.61. The van der Waals surface area contributed by atoms with Gasteiger partial charge in [0.25, 0.3) is 0 Å². The molecule has 0 amide bonds. The van der Waals surface area contributed by atoms with Crippen LogP contribution in [0.15, 0.2) is 41.4 Å². The molecule has 0 spiro atoms. The summed E-state index contributed by atoms with van der Waals surface area (Å²) >= 11 is 0. The van der Waals surface area contributed by atoms with Crippen molar-refractivity contribution in [2.24, 2.45) is 0 Å². The highest BCUT2D eigenvalue weighted by atomic mass is 16.5. The summed E-state index contributed by atoms with van der Waals surface area (Å²) in [7, 11) is 0. The summed E-state index contributed by atoms with van der Waals surface area (Å²) in [5.41, 5.74) is 1.06. The molecule has 2 aromatic heterocycles. The topological polar surface area (TPSA) is 108 Å². The maximum absolute atomic E-state index is 11.4. The highest BCUT2D eigenvalue weighted by Crippen LogP contribution is 2.42. The van der Waals surface area contributed by atoms with Crippen molar-refractivity contribution in [3.8, 4) is 28.8 Å². The molecule has 8 nitrogen and oxygen atoms in total. The summed E-state index contributed by atoms with van der Waals surface area (Å²) < 4.78 is 16.5. The summed E-state index contributed by atoms with van der Waals surface area (Å²) in [4.78, 5) is 19.6. The molecule has 0 aliphatic carbocycles. The van der Waals surface area contributed by atoms with E-state index in [0.29, 0.717) is 35.2 Å². The summed E-state index contributed by atoms with van der Waals surface area (Å²) in [5, 5.41) is 13.1. The zero-order chi connectivity index (χ0) is 18.3. The number of aromatic carboxylic acids is 1. The second-order valence-electron chi connectivity index (χ2n) is 6.53. The van der Waals surface area contributed by atoms with Crippen LogP contribution in [-0.2, 0) is 6.42 Å². The first-order valence-corrected chi connectivity index (χ1v) is 7.91. The van der Waals surface area contributed by atoms with Crippen LogP contribution in [0.5, 0.6) is 17.2 Å². The minimum Gasteiger partial charge on any atom is -0.487 e. The lowest BCUT2D eigenvalue weighted by Gasteiger charge is -2.16. The first kappa shape index (κ1) is 16.1. The number of pyridine rings is 1. The second kappa shape index (κ2) is 5.83. The van der Waals surface area contributed by atoms with Gasteiger partial charge in [-0.15, -0.1) is 0 Å². The van der Waals surface area contributed by atoms with Gasteiger partial charge in [-0.05, 0) is 38.1 Å². The summed E-state index contributed by atoms with van der Waals surface area (Å²) in [6.45, 7) is 3.89. The molecule has 0 fully saturated rings. The number of carboxylic acids is 1. The number of hydrogen-bond acceptors (Lipinski definition) is 7. The Hall–Kier alpha value is -3.42. The van der Waals surface area contributed by atoms with E-state index in [1.165, 1.54) is 24.7 Å². The van der Waals surface area contributed by atoms with E-state index in [2.05, 4.69) is 15.1 Å². The van der Waals surface area contributed by atoms with Crippen molar-refractivity contribution in [2.45, 2.75) is 25.9 Å². The fourth-order valence-electron chi connectivity index (χ4n) is 2.84. The van der Waals surface area contributed by atoms with Gasteiger partial charge < -0.3 is 19.1 Å². The van der Waals surface area contributed by atoms with E-state index in [1.54, 1.807) is 12.1 Å². The van der Waals surface area contributed by atoms with Crippen molar-refractivity contribution in [2.75, 3.05) is 0 Å². The molecule has 3 heterocycles. The Balaban J connectivity index is 1.67. The lowest BCUT2D eigenvalue weighted by molar-refractivity contribution is 0.0695. The maximum Gasteiger partial charge on any atom is 0.335 e. The molecule has 26 heavy (non-hydrogen) atoms. The summed E-state index contributed by atoms with van der Waals surface area (Å²) in [6.07, 6.45) is 3.36. The maximum atomic E-state index is 11.4. The van der Waals surface area contributed by atoms with Gasteiger partial charge in [0.1, 0.15) is 28.5 Å². The minimum atomic E-state index is -1.04. The fraction of sp³-hybridized carbons (Fsp3) is 0.222. The highest BCUT2D eigenvalue weighted by Gasteiger charge is 2.34. The molecule has 0 saturated carbocycles. The number of benzene rings is 1. The van der Waals surface area contributed by atoms with Gasteiger partial charge in [0.15, 0.2) is 0 Å². The molecule has 0 atom stereocenters. The third-order valence-electron chi connectivity index (χ3n) is 3.96. The standard InChI is InChI=1S/C18H15N3O5/c1-18(2)7-12-14(5-10(17(22)23)6-15(12)26-18)25-11-3-4-13(19-8-11)16-20-9-24-21-16/h3-6,8-9H,7H2,1-2H3,(H,22,23). The van der Waals surface area contributed by atoms with Gasteiger partial charge in [-0.25, -0.2) is 9.78 Å². The molecular formula is C18H15N3O5. The fourth-order valence-corrected chi connectivity index (χ4v) is 2.84. The third-order valence-corrected chi connectivity index (χ3v) is 3.96. The molecule has 4 rings (SSSR count). The Morgan fingerprint density at radius 1 is 1.27 bits per heavy atom. The van der Waals surface area contributed by atoms with Gasteiger partial charge in [0.2, 0.25) is 12.2 Å². The molecule has 1 aliphatic rings.